The van der Waals surface area contributed by atoms with Crippen molar-refractivity contribution < 1.29 is 18.9 Å². The van der Waals surface area contributed by atoms with E-state index in [2.05, 4.69) is 0 Å². The van der Waals surface area contributed by atoms with Crippen molar-refractivity contribution in [2.75, 3.05) is 40.1 Å². The van der Waals surface area contributed by atoms with E-state index in [1.807, 2.05) is 0 Å². The quantitative estimate of drug-likeness (QED) is 0.464. The van der Waals surface area contributed by atoms with Crippen LogP contribution in [-0.2, 0) is 18.9 Å². The zero-order valence-electron chi connectivity index (χ0n) is 10.0. The van der Waals surface area contributed by atoms with E-state index >= 15 is 0 Å². The molecule has 0 aromatic rings. The molecule has 1 heterocycles. The van der Waals surface area contributed by atoms with Crippen LogP contribution in [0.15, 0.2) is 0 Å². The van der Waals surface area contributed by atoms with Gasteiger partial charge in [0.25, 0.3) is 0 Å². The van der Waals surface area contributed by atoms with Crippen LogP contribution in [0.5, 0.6) is 0 Å². The lowest BCUT2D eigenvalue weighted by Crippen LogP contribution is -2.19. The summed E-state index contributed by atoms with van der Waals surface area (Å²) in [4.78, 5) is 0. The van der Waals surface area contributed by atoms with Crippen LogP contribution in [0.4, 0.5) is 0 Å². The third-order valence-corrected chi connectivity index (χ3v) is 3.27. The van der Waals surface area contributed by atoms with Gasteiger partial charge in [0.2, 0.25) is 0 Å². The third-order valence-electron chi connectivity index (χ3n) is 3.27. The summed E-state index contributed by atoms with van der Waals surface area (Å²) in [7, 11) is 1.68. The van der Waals surface area contributed by atoms with Crippen molar-refractivity contribution in [1.29, 1.82) is 0 Å². The molecule has 0 aromatic heterocycles. The van der Waals surface area contributed by atoms with Crippen LogP contribution in [0.2, 0.25) is 0 Å². The summed E-state index contributed by atoms with van der Waals surface area (Å²) in [6, 6.07) is 0. The van der Waals surface area contributed by atoms with Gasteiger partial charge in [-0.2, -0.15) is 0 Å². The molecule has 16 heavy (non-hydrogen) atoms. The summed E-state index contributed by atoms with van der Waals surface area (Å²) in [5.74, 6) is 0.697. The SMILES string of the molecule is COCCOCCOCC1CCC2OC2C1. The van der Waals surface area contributed by atoms with Crippen LogP contribution < -0.4 is 0 Å². The van der Waals surface area contributed by atoms with Gasteiger partial charge in [0.05, 0.1) is 38.6 Å². The van der Waals surface area contributed by atoms with Gasteiger partial charge in [-0.15, -0.1) is 0 Å². The summed E-state index contributed by atoms with van der Waals surface area (Å²) in [5, 5.41) is 0. The molecule has 3 atom stereocenters. The summed E-state index contributed by atoms with van der Waals surface area (Å²) < 4.78 is 21.3. The molecule has 0 N–H and O–H groups in total. The summed E-state index contributed by atoms with van der Waals surface area (Å²) in [5.41, 5.74) is 0. The van der Waals surface area contributed by atoms with Crippen molar-refractivity contribution in [2.24, 2.45) is 5.92 Å². The summed E-state index contributed by atoms with van der Waals surface area (Å²) in [6.07, 6.45) is 4.82. The lowest BCUT2D eigenvalue weighted by atomic mass is 9.90. The van der Waals surface area contributed by atoms with Gasteiger partial charge in [0.15, 0.2) is 0 Å². The Bertz CT molecular complexity index is 197. The molecule has 1 aliphatic heterocycles. The van der Waals surface area contributed by atoms with E-state index in [-0.39, 0.29) is 0 Å². The molecule has 1 saturated carbocycles. The van der Waals surface area contributed by atoms with E-state index in [1.165, 1.54) is 19.3 Å². The average molecular weight is 230 g/mol. The first kappa shape index (κ1) is 12.3. The molecular formula is C12H22O4. The normalized spacial score (nSPS) is 32.4. The molecule has 0 amide bonds. The third kappa shape index (κ3) is 4.01. The zero-order chi connectivity index (χ0) is 11.2. The molecule has 94 valence electrons. The van der Waals surface area contributed by atoms with Gasteiger partial charge in [0, 0.05) is 13.7 Å². The van der Waals surface area contributed by atoms with Gasteiger partial charge in [-0.25, -0.2) is 0 Å². The van der Waals surface area contributed by atoms with E-state index < -0.39 is 0 Å². The molecule has 1 saturated heterocycles. The van der Waals surface area contributed by atoms with E-state index in [0.717, 1.165) is 6.61 Å². The van der Waals surface area contributed by atoms with Crippen molar-refractivity contribution in [2.45, 2.75) is 31.5 Å². The van der Waals surface area contributed by atoms with Crippen LogP contribution in [0.3, 0.4) is 0 Å². The topological polar surface area (TPSA) is 40.2 Å². The Hall–Kier alpha value is -0.160. The second-order valence-corrected chi connectivity index (χ2v) is 4.57. The van der Waals surface area contributed by atoms with E-state index in [9.17, 15) is 0 Å². The maximum Gasteiger partial charge on any atom is 0.0845 e. The predicted octanol–water partition coefficient (Wildman–Crippen LogP) is 1.23. The van der Waals surface area contributed by atoms with Crippen molar-refractivity contribution in [3.8, 4) is 0 Å². The number of methoxy groups -OCH3 is 1. The molecule has 2 rings (SSSR count). The second kappa shape index (κ2) is 6.55. The lowest BCUT2D eigenvalue weighted by Gasteiger charge is -2.18. The molecule has 0 radical (unpaired) electrons. The highest BCUT2D eigenvalue weighted by Crippen LogP contribution is 2.39. The Balaban J connectivity index is 1.39. The predicted molar refractivity (Wildman–Crippen MR) is 59.5 cm³/mol. The Labute approximate surface area is 97.2 Å². The first-order chi connectivity index (χ1) is 7.90. The molecular weight excluding hydrogens is 208 g/mol. The Morgan fingerprint density at radius 3 is 2.62 bits per heavy atom. The van der Waals surface area contributed by atoms with Gasteiger partial charge < -0.3 is 18.9 Å². The second-order valence-electron chi connectivity index (χ2n) is 4.57. The maximum absolute atomic E-state index is 5.60. The Kier molecular flexibility index (Phi) is 5.03. The van der Waals surface area contributed by atoms with Gasteiger partial charge in [-0.3, -0.25) is 0 Å². The first-order valence-corrected chi connectivity index (χ1v) is 6.20. The highest BCUT2D eigenvalue weighted by molar-refractivity contribution is 4.91. The maximum atomic E-state index is 5.60. The Morgan fingerprint density at radius 1 is 1.00 bits per heavy atom. The molecule has 2 fully saturated rings. The number of hydrogen-bond donors (Lipinski definition) is 0. The van der Waals surface area contributed by atoms with Crippen LogP contribution in [0, 0.1) is 5.92 Å². The minimum absolute atomic E-state index is 0.556. The van der Waals surface area contributed by atoms with Crippen LogP contribution in [0.25, 0.3) is 0 Å². The standard InChI is InChI=1S/C12H22O4/c1-13-4-5-14-6-7-15-9-10-2-3-11-12(8-10)16-11/h10-12H,2-9H2,1H3. The number of rotatable bonds is 8. The van der Waals surface area contributed by atoms with Crippen LogP contribution >= 0.6 is 0 Å². The fraction of sp³-hybridized carbons (Fsp3) is 1.00. The molecule has 4 nitrogen and oxygen atoms in total. The molecule has 2 aliphatic rings. The van der Waals surface area contributed by atoms with Crippen molar-refractivity contribution in [1.82, 2.24) is 0 Å². The minimum Gasteiger partial charge on any atom is -0.382 e. The number of ether oxygens (including phenoxy) is 4. The largest absolute Gasteiger partial charge is 0.382 e. The van der Waals surface area contributed by atoms with Crippen LogP contribution in [0.1, 0.15) is 19.3 Å². The van der Waals surface area contributed by atoms with Gasteiger partial charge in [-0.05, 0) is 25.2 Å². The van der Waals surface area contributed by atoms with E-state index in [1.54, 1.807) is 7.11 Å². The molecule has 0 spiro atoms. The van der Waals surface area contributed by atoms with Crippen molar-refractivity contribution >= 4 is 0 Å². The number of fused-ring (bicyclic) bond motifs is 1. The molecule has 0 bridgehead atoms. The smallest absolute Gasteiger partial charge is 0.0845 e. The monoisotopic (exact) mass is 230 g/mol. The number of epoxide rings is 1. The van der Waals surface area contributed by atoms with Crippen LogP contribution in [-0.4, -0.2) is 52.4 Å². The first-order valence-electron chi connectivity index (χ1n) is 6.20. The lowest BCUT2D eigenvalue weighted by molar-refractivity contribution is 0.0126. The fourth-order valence-corrected chi connectivity index (χ4v) is 2.25. The minimum atomic E-state index is 0.556. The number of hydrogen-bond acceptors (Lipinski definition) is 4. The highest BCUT2D eigenvalue weighted by atomic mass is 16.6. The van der Waals surface area contributed by atoms with Gasteiger partial charge in [-0.1, -0.05) is 0 Å². The zero-order valence-corrected chi connectivity index (χ0v) is 10.0. The fourth-order valence-electron chi connectivity index (χ4n) is 2.25. The van der Waals surface area contributed by atoms with E-state index in [4.69, 9.17) is 18.9 Å². The van der Waals surface area contributed by atoms with Crippen molar-refractivity contribution in [3.05, 3.63) is 0 Å². The van der Waals surface area contributed by atoms with E-state index in [0.29, 0.717) is 44.6 Å². The van der Waals surface area contributed by atoms with Crippen molar-refractivity contribution in [3.63, 3.8) is 0 Å². The molecule has 4 heteroatoms. The summed E-state index contributed by atoms with van der Waals surface area (Å²) >= 11 is 0. The average Bonchev–Trinajstić information content (AvgIpc) is 3.06. The summed E-state index contributed by atoms with van der Waals surface area (Å²) in [6.45, 7) is 3.53. The molecule has 0 aromatic carbocycles. The molecule has 1 aliphatic carbocycles. The highest BCUT2D eigenvalue weighted by Gasteiger charge is 2.43. The molecule has 3 unspecified atom stereocenters. The van der Waals surface area contributed by atoms with Gasteiger partial charge >= 0.3 is 0 Å². The Morgan fingerprint density at radius 2 is 1.81 bits per heavy atom. The van der Waals surface area contributed by atoms with Gasteiger partial charge in [0.1, 0.15) is 0 Å².